The summed E-state index contributed by atoms with van der Waals surface area (Å²) in [5, 5.41) is 14.8. The van der Waals surface area contributed by atoms with Gasteiger partial charge >= 0.3 is 11.9 Å². The topological polar surface area (TPSA) is 101 Å². The fraction of sp³-hybridized carbons (Fsp3) is 0.200. The van der Waals surface area contributed by atoms with Gasteiger partial charge < -0.3 is 15.9 Å². The zero-order valence-corrected chi connectivity index (χ0v) is 8.94. The van der Waals surface area contributed by atoms with Gasteiger partial charge in [-0.3, -0.25) is 0 Å². The molecule has 0 radical (unpaired) electrons. The third kappa shape index (κ3) is 5.73. The van der Waals surface area contributed by atoms with E-state index in [4.69, 9.17) is 25.5 Å². The summed E-state index contributed by atoms with van der Waals surface area (Å²) in [7, 11) is 0. The number of halogens is 3. The van der Waals surface area contributed by atoms with Crippen LogP contribution >= 0.6 is 0 Å². The van der Waals surface area contributed by atoms with Crippen molar-refractivity contribution in [1.29, 1.82) is 0 Å². The number of nitrogen functional groups attached to an aromatic ring is 1. The van der Waals surface area contributed by atoms with Crippen molar-refractivity contribution in [2.45, 2.75) is 12.8 Å². The number of hydrogen-bond donors (Lipinski definition) is 3. The van der Waals surface area contributed by atoms with Crippen LogP contribution in [-0.4, -0.2) is 28.6 Å². The molecule has 0 saturated heterocycles. The molecule has 1 aromatic rings. The summed E-state index contributed by atoms with van der Waals surface area (Å²) in [6, 6.07) is 3.91. The normalized spacial score (nSPS) is 9.56. The van der Waals surface area contributed by atoms with E-state index in [1.165, 1.54) is 12.1 Å². The Morgan fingerprint density at radius 1 is 1.22 bits per heavy atom. The molecule has 0 aliphatic carbocycles. The molecule has 0 amide bonds. The van der Waals surface area contributed by atoms with Gasteiger partial charge in [-0.05, 0) is 12.1 Å². The van der Waals surface area contributed by atoms with E-state index >= 15 is 0 Å². The van der Waals surface area contributed by atoms with Crippen molar-refractivity contribution in [3.63, 3.8) is 0 Å². The summed E-state index contributed by atoms with van der Waals surface area (Å²) in [4.78, 5) is 18.2. The van der Waals surface area contributed by atoms with E-state index in [-0.39, 0.29) is 11.3 Å². The highest BCUT2D eigenvalue weighted by Gasteiger charge is 2.11. The Balaban J connectivity index is 0.000000411. The lowest BCUT2D eigenvalue weighted by atomic mass is 10.1. The van der Waals surface area contributed by atoms with Crippen molar-refractivity contribution < 1.29 is 33.0 Å². The van der Waals surface area contributed by atoms with Crippen LogP contribution in [0.5, 0.6) is 0 Å². The standard InChI is InChI=1S/C8H8F3N.C2H2O4/c9-6-2-1-3-7(12)5(6)4-8(10)11;3-1(4)2(5)6/h1-3,8H,4,12H2;(H,3,4)(H,5,6). The first-order valence-electron chi connectivity index (χ1n) is 4.53. The molecule has 18 heavy (non-hydrogen) atoms. The quantitative estimate of drug-likeness (QED) is 0.554. The molecule has 0 spiro atoms. The van der Waals surface area contributed by atoms with E-state index in [1.54, 1.807) is 0 Å². The second-order valence-electron chi connectivity index (χ2n) is 3.01. The van der Waals surface area contributed by atoms with Crippen molar-refractivity contribution in [2.75, 3.05) is 5.73 Å². The second-order valence-corrected chi connectivity index (χ2v) is 3.01. The molecule has 0 aromatic heterocycles. The van der Waals surface area contributed by atoms with E-state index in [2.05, 4.69) is 0 Å². The molecule has 0 heterocycles. The van der Waals surface area contributed by atoms with Crippen LogP contribution in [0.1, 0.15) is 5.56 Å². The third-order valence-corrected chi connectivity index (χ3v) is 1.70. The molecule has 4 N–H and O–H groups in total. The number of carboxylic acid groups (broad SMARTS) is 2. The van der Waals surface area contributed by atoms with Crippen molar-refractivity contribution in [2.24, 2.45) is 0 Å². The third-order valence-electron chi connectivity index (χ3n) is 1.70. The summed E-state index contributed by atoms with van der Waals surface area (Å²) in [6.45, 7) is 0. The van der Waals surface area contributed by atoms with Gasteiger partial charge in [0.25, 0.3) is 0 Å². The van der Waals surface area contributed by atoms with E-state index in [9.17, 15) is 13.2 Å². The number of aliphatic carboxylic acids is 2. The number of rotatable bonds is 2. The number of carbonyl (C=O) groups is 2. The molecular weight excluding hydrogens is 255 g/mol. The van der Waals surface area contributed by atoms with Crippen LogP contribution in [0.2, 0.25) is 0 Å². The number of carboxylic acids is 2. The number of anilines is 1. The summed E-state index contributed by atoms with van der Waals surface area (Å²) in [5.41, 5.74) is 5.27. The summed E-state index contributed by atoms with van der Waals surface area (Å²) >= 11 is 0. The monoisotopic (exact) mass is 265 g/mol. The first kappa shape index (κ1) is 15.8. The molecule has 0 aliphatic heterocycles. The molecule has 0 saturated carbocycles. The molecular formula is C10H10F3NO4. The SMILES string of the molecule is Nc1cccc(F)c1CC(F)F.O=C(O)C(=O)O. The van der Waals surface area contributed by atoms with Gasteiger partial charge in [0.05, 0.1) is 0 Å². The number of benzene rings is 1. The zero-order chi connectivity index (χ0) is 14.3. The molecule has 0 fully saturated rings. The minimum Gasteiger partial charge on any atom is -0.473 e. The number of nitrogens with two attached hydrogens (primary N) is 1. The average Bonchev–Trinajstić information content (AvgIpc) is 2.24. The average molecular weight is 265 g/mol. The van der Waals surface area contributed by atoms with E-state index in [0.29, 0.717) is 0 Å². The van der Waals surface area contributed by atoms with Gasteiger partial charge in [0, 0.05) is 17.7 Å². The van der Waals surface area contributed by atoms with Crippen LogP contribution in [0.3, 0.4) is 0 Å². The minimum absolute atomic E-state index is 0.0790. The van der Waals surface area contributed by atoms with Gasteiger partial charge in [-0.25, -0.2) is 22.8 Å². The minimum atomic E-state index is -2.57. The molecule has 1 rings (SSSR count). The smallest absolute Gasteiger partial charge is 0.414 e. The molecule has 0 unspecified atom stereocenters. The van der Waals surface area contributed by atoms with E-state index < -0.39 is 30.6 Å². The van der Waals surface area contributed by atoms with Crippen LogP contribution in [0.15, 0.2) is 18.2 Å². The maximum Gasteiger partial charge on any atom is 0.414 e. The fourth-order valence-corrected chi connectivity index (χ4v) is 0.945. The van der Waals surface area contributed by atoms with Crippen LogP contribution in [0.4, 0.5) is 18.9 Å². The molecule has 0 atom stereocenters. The summed E-state index contributed by atoms with van der Waals surface area (Å²) in [5.74, 6) is -4.32. The lowest BCUT2D eigenvalue weighted by molar-refractivity contribution is -0.159. The Kier molecular flexibility index (Phi) is 6.26. The fourth-order valence-electron chi connectivity index (χ4n) is 0.945. The summed E-state index contributed by atoms with van der Waals surface area (Å²) < 4.78 is 36.5. The first-order chi connectivity index (χ1) is 8.25. The zero-order valence-electron chi connectivity index (χ0n) is 8.94. The first-order valence-corrected chi connectivity index (χ1v) is 4.53. The van der Waals surface area contributed by atoms with Gasteiger partial charge in [-0.1, -0.05) is 6.07 Å². The predicted octanol–water partition coefficient (Wildman–Crippen LogP) is 1.37. The van der Waals surface area contributed by atoms with Gasteiger partial charge in [0.2, 0.25) is 6.43 Å². The Hall–Kier alpha value is -2.25. The molecule has 8 heteroatoms. The number of alkyl halides is 2. The van der Waals surface area contributed by atoms with Crippen LogP contribution in [-0.2, 0) is 16.0 Å². The predicted molar refractivity (Wildman–Crippen MR) is 55.8 cm³/mol. The lowest BCUT2D eigenvalue weighted by Crippen LogP contribution is -2.09. The van der Waals surface area contributed by atoms with Crippen LogP contribution < -0.4 is 5.73 Å². The molecule has 0 bridgehead atoms. The van der Waals surface area contributed by atoms with E-state index in [0.717, 1.165) is 6.07 Å². The molecule has 100 valence electrons. The Labute approximate surface area is 99.6 Å². The number of hydrogen-bond acceptors (Lipinski definition) is 3. The van der Waals surface area contributed by atoms with Gasteiger partial charge in [0.15, 0.2) is 0 Å². The van der Waals surface area contributed by atoms with Crippen molar-refractivity contribution in [3.05, 3.63) is 29.6 Å². The molecule has 0 aliphatic rings. The highest BCUT2D eigenvalue weighted by Crippen LogP contribution is 2.18. The summed E-state index contributed by atoms with van der Waals surface area (Å²) in [6.07, 6.45) is -3.19. The second kappa shape index (κ2) is 7.15. The highest BCUT2D eigenvalue weighted by atomic mass is 19.3. The van der Waals surface area contributed by atoms with Gasteiger partial charge in [0.1, 0.15) is 5.82 Å². The Morgan fingerprint density at radius 3 is 2.06 bits per heavy atom. The maximum atomic E-state index is 12.8. The lowest BCUT2D eigenvalue weighted by Gasteiger charge is -2.05. The van der Waals surface area contributed by atoms with E-state index in [1.807, 2.05) is 0 Å². The van der Waals surface area contributed by atoms with Crippen molar-refractivity contribution in [3.8, 4) is 0 Å². The maximum absolute atomic E-state index is 12.8. The largest absolute Gasteiger partial charge is 0.473 e. The van der Waals surface area contributed by atoms with Crippen molar-refractivity contribution in [1.82, 2.24) is 0 Å². The van der Waals surface area contributed by atoms with Gasteiger partial charge in [-0.2, -0.15) is 0 Å². The van der Waals surface area contributed by atoms with Gasteiger partial charge in [-0.15, -0.1) is 0 Å². The molecule has 5 nitrogen and oxygen atoms in total. The van der Waals surface area contributed by atoms with Crippen molar-refractivity contribution >= 4 is 17.6 Å². The van der Waals surface area contributed by atoms with Crippen LogP contribution in [0.25, 0.3) is 0 Å². The Bertz CT molecular complexity index is 405. The van der Waals surface area contributed by atoms with Crippen LogP contribution in [0, 0.1) is 5.82 Å². The molecule has 1 aromatic carbocycles. The highest BCUT2D eigenvalue weighted by molar-refractivity contribution is 6.27. The Morgan fingerprint density at radius 2 is 1.72 bits per heavy atom.